The highest BCUT2D eigenvalue weighted by Crippen LogP contribution is 2.46. The van der Waals surface area contributed by atoms with Crippen molar-refractivity contribution in [2.24, 2.45) is 17.6 Å². The van der Waals surface area contributed by atoms with Gasteiger partial charge in [-0.1, -0.05) is 26.2 Å². The predicted octanol–water partition coefficient (Wildman–Crippen LogP) is 3.25. The van der Waals surface area contributed by atoms with E-state index in [-0.39, 0.29) is 0 Å². The zero-order chi connectivity index (χ0) is 16.5. The van der Waals surface area contributed by atoms with Crippen molar-refractivity contribution < 1.29 is 0 Å². The number of H-pyrrole nitrogens is 1. The molecule has 6 heteroatoms. The van der Waals surface area contributed by atoms with E-state index in [1.807, 2.05) is 12.4 Å². The number of hydrogen-bond acceptors (Lipinski definition) is 4. The monoisotopic (exact) mass is 326 g/mol. The molecular weight excluding hydrogens is 300 g/mol. The summed E-state index contributed by atoms with van der Waals surface area (Å²) in [4.78, 5) is 7.61. The Morgan fingerprint density at radius 2 is 2.21 bits per heavy atom. The van der Waals surface area contributed by atoms with E-state index in [2.05, 4.69) is 37.6 Å². The number of aromatic nitrogens is 5. The van der Waals surface area contributed by atoms with Gasteiger partial charge in [0.05, 0.1) is 11.7 Å². The highest BCUT2D eigenvalue weighted by Gasteiger charge is 2.36. The first kappa shape index (κ1) is 15.6. The predicted molar refractivity (Wildman–Crippen MR) is 94.8 cm³/mol. The van der Waals surface area contributed by atoms with Crippen LogP contribution in [0.5, 0.6) is 0 Å². The van der Waals surface area contributed by atoms with Crippen molar-refractivity contribution in [1.29, 1.82) is 0 Å². The van der Waals surface area contributed by atoms with Crippen LogP contribution >= 0.6 is 0 Å². The summed E-state index contributed by atoms with van der Waals surface area (Å²) in [6.07, 6.45) is 11.2. The third-order valence-corrected chi connectivity index (χ3v) is 5.68. The second kappa shape index (κ2) is 6.51. The topological polar surface area (TPSA) is 84.9 Å². The number of nitrogens with zero attached hydrogens (tertiary/aromatic N) is 4. The number of hydrogen-bond donors (Lipinski definition) is 2. The van der Waals surface area contributed by atoms with E-state index in [1.165, 1.54) is 32.1 Å². The number of nitrogens with one attached hydrogen (secondary N) is 1. The van der Waals surface area contributed by atoms with Crippen LogP contribution in [-0.4, -0.2) is 31.1 Å². The lowest BCUT2D eigenvalue weighted by atomic mass is 9.93. The summed E-state index contributed by atoms with van der Waals surface area (Å²) >= 11 is 0. The summed E-state index contributed by atoms with van der Waals surface area (Å²) in [5.74, 6) is 3.10. The molecule has 6 nitrogen and oxygen atoms in total. The highest BCUT2D eigenvalue weighted by atomic mass is 15.3. The fourth-order valence-electron chi connectivity index (χ4n) is 4.46. The van der Waals surface area contributed by atoms with Crippen molar-refractivity contribution in [3.63, 3.8) is 0 Å². The molecule has 24 heavy (non-hydrogen) atoms. The van der Waals surface area contributed by atoms with E-state index in [9.17, 15) is 0 Å². The first-order chi connectivity index (χ1) is 11.8. The van der Waals surface area contributed by atoms with Crippen molar-refractivity contribution in [3.8, 4) is 0 Å². The third-order valence-electron chi connectivity index (χ3n) is 5.68. The average Bonchev–Trinajstić information content (AvgIpc) is 3.31. The van der Waals surface area contributed by atoms with E-state index in [0.29, 0.717) is 11.8 Å². The molecule has 3 aromatic rings. The lowest BCUT2D eigenvalue weighted by Gasteiger charge is -2.16. The molecule has 3 aromatic heterocycles. The molecule has 0 bridgehead atoms. The minimum absolute atomic E-state index is 0.494. The van der Waals surface area contributed by atoms with Crippen LogP contribution in [-0.2, 0) is 0 Å². The molecule has 1 saturated carbocycles. The van der Waals surface area contributed by atoms with Gasteiger partial charge >= 0.3 is 0 Å². The van der Waals surface area contributed by atoms with Gasteiger partial charge in [-0.05, 0) is 43.7 Å². The minimum Gasteiger partial charge on any atom is -0.345 e. The summed E-state index contributed by atoms with van der Waals surface area (Å²) in [6, 6.07) is 2.07. The van der Waals surface area contributed by atoms with E-state index < -0.39 is 0 Å². The molecule has 1 fully saturated rings. The van der Waals surface area contributed by atoms with Crippen molar-refractivity contribution in [2.45, 2.75) is 51.4 Å². The SMILES string of the molecule is CCC1CC(CCCCN)CC1c1nnc2cnc3[nH]ccc3n12. The average molecular weight is 326 g/mol. The Morgan fingerprint density at radius 1 is 1.29 bits per heavy atom. The largest absolute Gasteiger partial charge is 0.345 e. The fourth-order valence-corrected chi connectivity index (χ4v) is 4.46. The molecule has 0 spiro atoms. The van der Waals surface area contributed by atoms with E-state index in [4.69, 9.17) is 5.73 Å². The Morgan fingerprint density at radius 3 is 3.04 bits per heavy atom. The maximum absolute atomic E-state index is 5.65. The van der Waals surface area contributed by atoms with Crippen LogP contribution in [0.2, 0.25) is 0 Å². The number of nitrogens with two attached hydrogens (primary N) is 1. The summed E-state index contributed by atoms with van der Waals surface area (Å²) in [7, 11) is 0. The summed E-state index contributed by atoms with van der Waals surface area (Å²) in [5, 5.41) is 8.96. The van der Waals surface area contributed by atoms with E-state index >= 15 is 0 Å². The van der Waals surface area contributed by atoms with Gasteiger partial charge in [0.15, 0.2) is 11.3 Å². The molecule has 3 atom stereocenters. The van der Waals surface area contributed by atoms with Gasteiger partial charge in [0, 0.05) is 12.1 Å². The number of rotatable bonds is 6. The summed E-state index contributed by atoms with van der Waals surface area (Å²) in [6.45, 7) is 3.11. The van der Waals surface area contributed by atoms with Crippen molar-refractivity contribution in [3.05, 3.63) is 24.3 Å². The van der Waals surface area contributed by atoms with Gasteiger partial charge in [0.2, 0.25) is 0 Å². The van der Waals surface area contributed by atoms with Gasteiger partial charge in [-0.2, -0.15) is 0 Å². The summed E-state index contributed by atoms with van der Waals surface area (Å²) < 4.78 is 2.20. The number of aromatic amines is 1. The first-order valence-corrected chi connectivity index (χ1v) is 9.19. The Kier molecular flexibility index (Phi) is 4.22. The molecule has 1 aliphatic rings. The molecule has 0 aliphatic heterocycles. The number of unbranched alkanes of at least 4 members (excludes halogenated alkanes) is 1. The lowest BCUT2D eigenvalue weighted by Crippen LogP contribution is -2.09. The quantitative estimate of drug-likeness (QED) is 0.681. The summed E-state index contributed by atoms with van der Waals surface area (Å²) in [5.41, 5.74) is 8.47. The van der Waals surface area contributed by atoms with Gasteiger partial charge in [-0.25, -0.2) is 4.98 Å². The van der Waals surface area contributed by atoms with Gasteiger partial charge < -0.3 is 10.7 Å². The molecule has 128 valence electrons. The van der Waals surface area contributed by atoms with Crippen LogP contribution in [0.3, 0.4) is 0 Å². The van der Waals surface area contributed by atoms with Crippen molar-refractivity contribution in [1.82, 2.24) is 24.6 Å². The second-order valence-electron chi connectivity index (χ2n) is 7.12. The smallest absolute Gasteiger partial charge is 0.179 e. The van der Waals surface area contributed by atoms with Crippen LogP contribution in [0.25, 0.3) is 16.8 Å². The number of fused-ring (bicyclic) bond motifs is 3. The van der Waals surface area contributed by atoms with E-state index in [1.54, 1.807) is 0 Å². The van der Waals surface area contributed by atoms with Gasteiger partial charge in [0.25, 0.3) is 0 Å². The molecule has 0 saturated heterocycles. The van der Waals surface area contributed by atoms with Crippen LogP contribution in [0.15, 0.2) is 18.5 Å². The molecule has 0 radical (unpaired) electrons. The molecule has 1 aliphatic carbocycles. The second-order valence-corrected chi connectivity index (χ2v) is 7.12. The van der Waals surface area contributed by atoms with Gasteiger partial charge in [0.1, 0.15) is 5.82 Å². The zero-order valence-electron chi connectivity index (χ0n) is 14.3. The molecule has 3 heterocycles. The molecule has 4 rings (SSSR count). The fraction of sp³-hybridized carbons (Fsp3) is 0.611. The normalized spacial score (nSPS) is 24.3. The van der Waals surface area contributed by atoms with Crippen molar-refractivity contribution >= 4 is 16.8 Å². The first-order valence-electron chi connectivity index (χ1n) is 9.19. The lowest BCUT2D eigenvalue weighted by molar-refractivity contribution is 0.432. The molecule has 3 N–H and O–H groups in total. The Balaban J connectivity index is 1.67. The highest BCUT2D eigenvalue weighted by molar-refractivity contribution is 5.74. The van der Waals surface area contributed by atoms with E-state index in [0.717, 1.165) is 41.5 Å². The van der Waals surface area contributed by atoms with Crippen LogP contribution in [0, 0.1) is 11.8 Å². The Labute approximate surface area is 141 Å². The minimum atomic E-state index is 0.494. The Hall–Kier alpha value is -1.95. The standard InChI is InChI=1S/C18H26N6/c1-2-13-9-12(5-3-4-7-19)10-14(13)18-23-22-16-11-21-17-15(24(16)18)6-8-20-17/h6,8,11-14,20H,2-5,7,9-10,19H2,1H3. The molecule has 0 amide bonds. The molecule has 3 unspecified atom stereocenters. The Bertz CT molecular complexity index is 819. The molecular formula is C18H26N6. The van der Waals surface area contributed by atoms with Crippen LogP contribution in [0.4, 0.5) is 0 Å². The maximum Gasteiger partial charge on any atom is 0.179 e. The van der Waals surface area contributed by atoms with Crippen LogP contribution in [0.1, 0.15) is 57.2 Å². The molecule has 0 aromatic carbocycles. The van der Waals surface area contributed by atoms with Gasteiger partial charge in [-0.15, -0.1) is 10.2 Å². The van der Waals surface area contributed by atoms with Gasteiger partial charge in [-0.3, -0.25) is 4.40 Å². The zero-order valence-corrected chi connectivity index (χ0v) is 14.3. The van der Waals surface area contributed by atoms with Crippen molar-refractivity contribution in [2.75, 3.05) is 6.54 Å². The maximum atomic E-state index is 5.65. The third kappa shape index (κ3) is 2.59. The van der Waals surface area contributed by atoms with Crippen LogP contribution < -0.4 is 5.73 Å².